The molecule has 6 nitrogen and oxygen atoms in total. The van der Waals surface area contributed by atoms with Gasteiger partial charge < -0.3 is 25.6 Å². The number of carbonyl (C=O) groups excluding carboxylic acids is 1. The smallest absolute Gasteiger partial charge is 0.410 e. The van der Waals surface area contributed by atoms with E-state index in [0.29, 0.717) is 6.54 Å². The molecule has 0 bridgehead atoms. The summed E-state index contributed by atoms with van der Waals surface area (Å²) in [6, 6.07) is 0. The monoisotopic (exact) mass is 246 g/mol. The standard InChI is InChI=1S/C11H22N2O4/c1-10(2,3)17-9(15)13-5-4-11(16,7-12)8(14)6-13/h8,14,16H,4-7,12H2,1-3H3/t8-,11-/m0/s1. The van der Waals surface area contributed by atoms with Crippen molar-refractivity contribution in [2.45, 2.75) is 44.5 Å². The number of amides is 1. The first-order valence-corrected chi connectivity index (χ1v) is 5.76. The Balaban J connectivity index is 2.58. The van der Waals surface area contributed by atoms with Gasteiger partial charge >= 0.3 is 6.09 Å². The van der Waals surface area contributed by atoms with Crippen LogP contribution < -0.4 is 5.73 Å². The largest absolute Gasteiger partial charge is 0.444 e. The molecule has 1 heterocycles. The Hall–Kier alpha value is -0.850. The van der Waals surface area contributed by atoms with Crippen LogP contribution in [0.5, 0.6) is 0 Å². The van der Waals surface area contributed by atoms with Gasteiger partial charge in [-0.3, -0.25) is 0 Å². The van der Waals surface area contributed by atoms with Crippen LogP contribution in [-0.2, 0) is 4.74 Å². The summed E-state index contributed by atoms with van der Waals surface area (Å²) < 4.78 is 5.19. The Morgan fingerprint density at radius 2 is 2.18 bits per heavy atom. The molecular weight excluding hydrogens is 224 g/mol. The molecule has 0 unspecified atom stereocenters. The number of rotatable bonds is 1. The fourth-order valence-electron chi connectivity index (χ4n) is 1.70. The predicted octanol–water partition coefficient (Wildman–Crippen LogP) is -0.322. The number of nitrogens with zero attached hydrogens (tertiary/aromatic N) is 1. The first-order valence-electron chi connectivity index (χ1n) is 5.76. The van der Waals surface area contributed by atoms with Crippen molar-refractivity contribution in [1.82, 2.24) is 4.90 Å². The van der Waals surface area contributed by atoms with Gasteiger partial charge in [0.2, 0.25) is 0 Å². The highest BCUT2D eigenvalue weighted by Crippen LogP contribution is 2.23. The molecule has 0 saturated carbocycles. The van der Waals surface area contributed by atoms with Crippen LogP contribution in [0.3, 0.4) is 0 Å². The van der Waals surface area contributed by atoms with Crippen molar-refractivity contribution in [1.29, 1.82) is 0 Å². The lowest BCUT2D eigenvalue weighted by Crippen LogP contribution is -2.60. The second-order valence-electron chi connectivity index (χ2n) is 5.50. The van der Waals surface area contributed by atoms with Crippen molar-refractivity contribution in [3.8, 4) is 0 Å². The Morgan fingerprint density at radius 3 is 2.59 bits per heavy atom. The van der Waals surface area contributed by atoms with E-state index in [1.54, 1.807) is 20.8 Å². The van der Waals surface area contributed by atoms with Crippen LogP contribution in [0.2, 0.25) is 0 Å². The van der Waals surface area contributed by atoms with E-state index in [-0.39, 0.29) is 19.5 Å². The van der Waals surface area contributed by atoms with E-state index in [1.165, 1.54) is 4.90 Å². The number of hydrogen-bond acceptors (Lipinski definition) is 5. The second kappa shape index (κ2) is 4.80. The number of aliphatic hydroxyl groups is 2. The summed E-state index contributed by atoms with van der Waals surface area (Å²) in [4.78, 5) is 13.1. The lowest BCUT2D eigenvalue weighted by atomic mass is 9.89. The van der Waals surface area contributed by atoms with E-state index >= 15 is 0 Å². The molecule has 0 aromatic rings. The SMILES string of the molecule is CC(C)(C)OC(=O)N1CC[C@](O)(CN)[C@@H](O)C1. The number of hydrogen-bond donors (Lipinski definition) is 3. The van der Waals surface area contributed by atoms with E-state index in [2.05, 4.69) is 0 Å². The topological polar surface area (TPSA) is 96.0 Å². The molecule has 1 aliphatic heterocycles. The molecule has 0 radical (unpaired) electrons. The molecule has 0 aliphatic carbocycles. The number of likely N-dealkylation sites (tertiary alicyclic amines) is 1. The van der Waals surface area contributed by atoms with Crippen molar-refractivity contribution >= 4 is 6.09 Å². The van der Waals surface area contributed by atoms with Gasteiger partial charge in [-0.1, -0.05) is 0 Å². The molecule has 1 fully saturated rings. The maximum absolute atomic E-state index is 11.7. The molecule has 0 aromatic heterocycles. The lowest BCUT2D eigenvalue weighted by Gasteiger charge is -2.41. The van der Waals surface area contributed by atoms with Gasteiger partial charge in [0.05, 0.1) is 6.54 Å². The van der Waals surface area contributed by atoms with Gasteiger partial charge in [0.25, 0.3) is 0 Å². The molecule has 1 aliphatic rings. The minimum absolute atomic E-state index is 0.0175. The van der Waals surface area contributed by atoms with Crippen molar-refractivity contribution in [2.24, 2.45) is 5.73 Å². The summed E-state index contributed by atoms with van der Waals surface area (Å²) in [5.41, 5.74) is 3.55. The predicted molar refractivity (Wildman–Crippen MR) is 62.4 cm³/mol. The molecule has 0 spiro atoms. The average Bonchev–Trinajstić information content (AvgIpc) is 2.19. The van der Waals surface area contributed by atoms with Crippen molar-refractivity contribution in [3.05, 3.63) is 0 Å². The molecule has 1 rings (SSSR count). The molecule has 17 heavy (non-hydrogen) atoms. The normalized spacial score (nSPS) is 30.2. The third kappa shape index (κ3) is 3.55. The van der Waals surface area contributed by atoms with E-state index in [0.717, 1.165) is 0 Å². The highest BCUT2D eigenvalue weighted by atomic mass is 16.6. The Bertz CT molecular complexity index is 290. The van der Waals surface area contributed by atoms with Gasteiger partial charge in [-0.2, -0.15) is 0 Å². The zero-order valence-electron chi connectivity index (χ0n) is 10.6. The summed E-state index contributed by atoms with van der Waals surface area (Å²) in [5.74, 6) is 0. The molecule has 1 saturated heterocycles. The third-order valence-corrected chi connectivity index (χ3v) is 2.83. The van der Waals surface area contributed by atoms with E-state index in [4.69, 9.17) is 10.5 Å². The van der Waals surface area contributed by atoms with Crippen LogP contribution in [0.15, 0.2) is 0 Å². The van der Waals surface area contributed by atoms with Gasteiger partial charge in [-0.05, 0) is 27.2 Å². The zero-order chi connectivity index (χ0) is 13.3. The molecule has 4 N–H and O–H groups in total. The number of β-amino-alcohol motifs (C(OH)–C–C–N with tert-alkyl or cyclic N) is 1. The van der Waals surface area contributed by atoms with Crippen LogP contribution in [0.1, 0.15) is 27.2 Å². The molecule has 2 atom stereocenters. The highest BCUT2D eigenvalue weighted by molar-refractivity contribution is 5.68. The molecule has 100 valence electrons. The average molecular weight is 246 g/mol. The molecule has 6 heteroatoms. The summed E-state index contributed by atoms with van der Waals surface area (Å²) in [6.45, 7) is 5.70. The molecular formula is C11H22N2O4. The first-order chi connectivity index (χ1) is 7.68. The van der Waals surface area contributed by atoms with Crippen LogP contribution in [0, 0.1) is 0 Å². The zero-order valence-corrected chi connectivity index (χ0v) is 10.6. The van der Waals surface area contributed by atoms with Crippen LogP contribution >= 0.6 is 0 Å². The van der Waals surface area contributed by atoms with Crippen LogP contribution in [0.25, 0.3) is 0 Å². The highest BCUT2D eigenvalue weighted by Gasteiger charge is 2.41. The number of nitrogens with two attached hydrogens (primary N) is 1. The lowest BCUT2D eigenvalue weighted by molar-refractivity contribution is -0.111. The van der Waals surface area contributed by atoms with Crippen LogP contribution in [0.4, 0.5) is 4.79 Å². The third-order valence-electron chi connectivity index (χ3n) is 2.83. The summed E-state index contributed by atoms with van der Waals surface area (Å²) in [6.07, 6.45) is -1.26. The van der Waals surface area contributed by atoms with Crippen molar-refractivity contribution in [3.63, 3.8) is 0 Å². The number of aliphatic hydroxyl groups excluding tert-OH is 1. The van der Waals surface area contributed by atoms with Crippen molar-refractivity contribution < 1.29 is 19.7 Å². The van der Waals surface area contributed by atoms with E-state index in [1.807, 2.05) is 0 Å². The van der Waals surface area contributed by atoms with Gasteiger partial charge in [0.15, 0.2) is 0 Å². The van der Waals surface area contributed by atoms with Gasteiger partial charge in [-0.15, -0.1) is 0 Å². The second-order valence-corrected chi connectivity index (χ2v) is 5.50. The minimum atomic E-state index is -1.29. The Morgan fingerprint density at radius 1 is 1.59 bits per heavy atom. The molecule has 0 aromatic carbocycles. The Labute approximate surface area is 101 Å². The first kappa shape index (κ1) is 14.2. The molecule has 1 amide bonds. The number of carbonyl (C=O) groups is 1. The quantitative estimate of drug-likeness (QED) is 0.589. The number of ether oxygens (including phenoxy) is 1. The summed E-state index contributed by atoms with van der Waals surface area (Å²) in [7, 11) is 0. The fraction of sp³-hybridized carbons (Fsp3) is 0.909. The van der Waals surface area contributed by atoms with Gasteiger partial charge in [0, 0.05) is 13.1 Å². The summed E-state index contributed by atoms with van der Waals surface area (Å²) in [5, 5.41) is 19.7. The minimum Gasteiger partial charge on any atom is -0.444 e. The van der Waals surface area contributed by atoms with E-state index < -0.39 is 23.4 Å². The maximum Gasteiger partial charge on any atom is 0.410 e. The number of piperidine rings is 1. The maximum atomic E-state index is 11.7. The van der Waals surface area contributed by atoms with Gasteiger partial charge in [0.1, 0.15) is 17.3 Å². The fourth-order valence-corrected chi connectivity index (χ4v) is 1.70. The van der Waals surface area contributed by atoms with Crippen LogP contribution in [-0.4, -0.2) is 58.1 Å². The summed E-state index contributed by atoms with van der Waals surface area (Å²) >= 11 is 0. The van der Waals surface area contributed by atoms with E-state index in [9.17, 15) is 15.0 Å². The Kier molecular flexibility index (Phi) is 4.01. The van der Waals surface area contributed by atoms with Gasteiger partial charge in [-0.25, -0.2) is 4.79 Å². The van der Waals surface area contributed by atoms with Crippen molar-refractivity contribution in [2.75, 3.05) is 19.6 Å².